The van der Waals surface area contributed by atoms with E-state index in [2.05, 4.69) is 39.9 Å². The van der Waals surface area contributed by atoms with Gasteiger partial charge in [0, 0.05) is 6.04 Å². The summed E-state index contributed by atoms with van der Waals surface area (Å²) in [6.45, 7) is 13.3. The second-order valence-corrected chi connectivity index (χ2v) is 6.43. The van der Waals surface area contributed by atoms with Crippen molar-refractivity contribution in [3.05, 3.63) is 0 Å². The average Bonchev–Trinajstić information content (AvgIpc) is 2.58. The van der Waals surface area contributed by atoms with Crippen molar-refractivity contribution < 1.29 is 4.74 Å². The van der Waals surface area contributed by atoms with E-state index >= 15 is 0 Å². The molecule has 0 heterocycles. The van der Waals surface area contributed by atoms with Gasteiger partial charge in [0.1, 0.15) is 0 Å². The number of nitrogens with one attached hydrogen (secondary N) is 1. The van der Waals surface area contributed by atoms with E-state index in [1.54, 1.807) is 0 Å². The topological polar surface area (TPSA) is 21.3 Å². The minimum absolute atomic E-state index is 0.338. The summed E-state index contributed by atoms with van der Waals surface area (Å²) in [7, 11) is 0. The molecule has 1 aliphatic carbocycles. The van der Waals surface area contributed by atoms with E-state index in [1.807, 2.05) is 0 Å². The van der Waals surface area contributed by atoms with Gasteiger partial charge in [-0.25, -0.2) is 0 Å². The van der Waals surface area contributed by atoms with Crippen LogP contribution in [0.4, 0.5) is 0 Å². The van der Waals surface area contributed by atoms with Crippen molar-refractivity contribution in [3.8, 4) is 0 Å². The largest absolute Gasteiger partial charge is 0.377 e. The molecule has 0 amide bonds. The van der Waals surface area contributed by atoms with E-state index in [-0.39, 0.29) is 0 Å². The molecular weight excluding hydrogens is 210 g/mol. The van der Waals surface area contributed by atoms with Gasteiger partial charge in [0.2, 0.25) is 0 Å². The van der Waals surface area contributed by atoms with Gasteiger partial charge in [-0.15, -0.1) is 0 Å². The zero-order chi connectivity index (χ0) is 12.9. The van der Waals surface area contributed by atoms with Crippen LogP contribution in [0.25, 0.3) is 0 Å². The van der Waals surface area contributed by atoms with E-state index in [0.29, 0.717) is 17.6 Å². The summed E-state index contributed by atoms with van der Waals surface area (Å²) in [4.78, 5) is 0. The number of ether oxygens (including phenoxy) is 1. The molecule has 1 rings (SSSR count). The van der Waals surface area contributed by atoms with Crippen LogP contribution in [0, 0.1) is 11.3 Å². The third kappa shape index (κ3) is 4.59. The highest BCUT2D eigenvalue weighted by atomic mass is 16.5. The molecule has 0 aromatic heterocycles. The summed E-state index contributed by atoms with van der Waals surface area (Å²) in [6, 6.07) is 0.537. The molecule has 0 radical (unpaired) electrons. The Morgan fingerprint density at radius 2 is 2.06 bits per heavy atom. The van der Waals surface area contributed by atoms with E-state index in [9.17, 15) is 0 Å². The van der Waals surface area contributed by atoms with Crippen molar-refractivity contribution in [3.63, 3.8) is 0 Å². The molecule has 0 spiro atoms. The first-order chi connectivity index (χ1) is 7.97. The van der Waals surface area contributed by atoms with Crippen molar-refractivity contribution in [2.75, 3.05) is 13.2 Å². The molecule has 0 bridgehead atoms. The molecule has 1 N–H and O–H groups in total. The Balaban J connectivity index is 2.54. The molecule has 2 unspecified atom stereocenters. The normalized spacial score (nSPS) is 25.4. The fraction of sp³-hybridized carbons (Fsp3) is 1.00. The molecule has 2 atom stereocenters. The lowest BCUT2D eigenvalue weighted by Gasteiger charge is -2.35. The van der Waals surface area contributed by atoms with Gasteiger partial charge in [-0.1, -0.05) is 27.2 Å². The Kier molecular flexibility index (Phi) is 5.94. The predicted octanol–water partition coefficient (Wildman–Crippen LogP) is 3.61. The van der Waals surface area contributed by atoms with Crippen molar-refractivity contribution in [1.29, 1.82) is 0 Å². The van der Waals surface area contributed by atoms with Crippen LogP contribution in [-0.4, -0.2) is 25.3 Å². The monoisotopic (exact) mass is 241 g/mol. The van der Waals surface area contributed by atoms with Crippen molar-refractivity contribution in [2.45, 2.75) is 72.4 Å². The molecule has 2 nitrogen and oxygen atoms in total. The predicted molar refractivity (Wildman–Crippen MR) is 74.3 cm³/mol. The molecular formula is C15H31NO. The Labute approximate surface area is 108 Å². The van der Waals surface area contributed by atoms with Gasteiger partial charge in [-0.3, -0.25) is 0 Å². The number of hydrogen-bond acceptors (Lipinski definition) is 2. The van der Waals surface area contributed by atoms with Crippen molar-refractivity contribution in [2.24, 2.45) is 11.3 Å². The lowest BCUT2D eigenvalue weighted by molar-refractivity contribution is 0.0336. The molecule has 0 aromatic carbocycles. The third-order valence-electron chi connectivity index (χ3n) is 4.09. The van der Waals surface area contributed by atoms with Crippen LogP contribution in [0.1, 0.15) is 60.3 Å². The first-order valence-corrected chi connectivity index (χ1v) is 7.32. The highest BCUT2D eigenvalue weighted by Crippen LogP contribution is 2.44. The standard InChI is InChI=1S/C15H31NO/c1-6-10-16-14(11-17-12(2)3)13-8-7-9-15(13,4)5/h12-14,16H,6-11H2,1-5H3. The molecule has 0 aliphatic heterocycles. The Morgan fingerprint density at radius 1 is 1.35 bits per heavy atom. The lowest BCUT2D eigenvalue weighted by Crippen LogP contribution is -2.44. The second-order valence-electron chi connectivity index (χ2n) is 6.43. The van der Waals surface area contributed by atoms with Gasteiger partial charge >= 0.3 is 0 Å². The third-order valence-corrected chi connectivity index (χ3v) is 4.09. The van der Waals surface area contributed by atoms with Gasteiger partial charge in [-0.05, 0) is 51.0 Å². The van der Waals surface area contributed by atoms with E-state index in [1.165, 1.54) is 25.7 Å². The van der Waals surface area contributed by atoms with E-state index < -0.39 is 0 Å². The SMILES string of the molecule is CCCNC(COC(C)C)C1CCCC1(C)C. The van der Waals surface area contributed by atoms with Gasteiger partial charge in [0.25, 0.3) is 0 Å². The Bertz CT molecular complexity index is 213. The maximum Gasteiger partial charge on any atom is 0.0626 e. The molecule has 2 heteroatoms. The van der Waals surface area contributed by atoms with E-state index in [4.69, 9.17) is 4.74 Å². The second kappa shape index (κ2) is 6.75. The van der Waals surface area contributed by atoms with Crippen LogP contribution in [0.15, 0.2) is 0 Å². The van der Waals surface area contributed by atoms with Gasteiger partial charge in [0.05, 0.1) is 12.7 Å². The average molecular weight is 241 g/mol. The molecule has 0 aromatic rings. The minimum Gasteiger partial charge on any atom is -0.377 e. The highest BCUT2D eigenvalue weighted by molar-refractivity contribution is 4.92. The molecule has 17 heavy (non-hydrogen) atoms. The molecule has 1 aliphatic rings. The Morgan fingerprint density at radius 3 is 2.53 bits per heavy atom. The zero-order valence-electron chi connectivity index (χ0n) is 12.4. The number of rotatable bonds is 7. The quantitative estimate of drug-likeness (QED) is 0.735. The fourth-order valence-electron chi connectivity index (χ4n) is 3.04. The lowest BCUT2D eigenvalue weighted by atomic mass is 9.77. The maximum absolute atomic E-state index is 5.84. The van der Waals surface area contributed by atoms with Crippen molar-refractivity contribution >= 4 is 0 Å². The summed E-state index contributed by atoms with van der Waals surface area (Å²) in [5.41, 5.74) is 0.478. The van der Waals surface area contributed by atoms with Gasteiger partial charge < -0.3 is 10.1 Å². The fourth-order valence-corrected chi connectivity index (χ4v) is 3.04. The summed E-state index contributed by atoms with van der Waals surface area (Å²) >= 11 is 0. The first kappa shape index (κ1) is 15.0. The van der Waals surface area contributed by atoms with Gasteiger partial charge in [0.15, 0.2) is 0 Å². The van der Waals surface area contributed by atoms with Crippen LogP contribution in [-0.2, 0) is 4.74 Å². The zero-order valence-corrected chi connectivity index (χ0v) is 12.4. The van der Waals surface area contributed by atoms with Crippen LogP contribution in [0.5, 0.6) is 0 Å². The van der Waals surface area contributed by atoms with Crippen LogP contribution in [0.3, 0.4) is 0 Å². The first-order valence-electron chi connectivity index (χ1n) is 7.32. The minimum atomic E-state index is 0.338. The number of hydrogen-bond donors (Lipinski definition) is 1. The van der Waals surface area contributed by atoms with Crippen LogP contribution < -0.4 is 5.32 Å². The molecule has 102 valence electrons. The summed E-state index contributed by atoms with van der Waals surface area (Å²) in [5.74, 6) is 0.771. The summed E-state index contributed by atoms with van der Waals surface area (Å²) in [6.07, 6.45) is 5.64. The summed E-state index contributed by atoms with van der Waals surface area (Å²) in [5, 5.41) is 3.70. The van der Waals surface area contributed by atoms with Crippen molar-refractivity contribution in [1.82, 2.24) is 5.32 Å². The van der Waals surface area contributed by atoms with Crippen LogP contribution >= 0.6 is 0 Å². The molecule has 0 saturated heterocycles. The smallest absolute Gasteiger partial charge is 0.0626 e. The molecule has 1 fully saturated rings. The molecule has 1 saturated carbocycles. The Hall–Kier alpha value is -0.0800. The van der Waals surface area contributed by atoms with Gasteiger partial charge in [-0.2, -0.15) is 0 Å². The highest BCUT2D eigenvalue weighted by Gasteiger charge is 2.39. The maximum atomic E-state index is 5.84. The summed E-state index contributed by atoms with van der Waals surface area (Å²) < 4.78 is 5.84. The van der Waals surface area contributed by atoms with Crippen LogP contribution in [0.2, 0.25) is 0 Å². The van der Waals surface area contributed by atoms with E-state index in [0.717, 1.165) is 19.1 Å².